The number of hydrogen-bond acceptors (Lipinski definition) is 1. The first-order valence-corrected chi connectivity index (χ1v) is 6.25. The molecule has 0 amide bonds. The zero-order valence-electron chi connectivity index (χ0n) is 4.46. The lowest BCUT2D eigenvalue weighted by atomic mass is 10.9. The van der Waals surface area contributed by atoms with Crippen molar-refractivity contribution in [1.82, 2.24) is 0 Å². The van der Waals surface area contributed by atoms with Crippen LogP contribution in [0, 0.1) is 0 Å². The van der Waals surface area contributed by atoms with E-state index in [0.717, 1.165) is 0 Å². The molecule has 0 N–H and O–H groups in total. The molecule has 50 valence electrons. The van der Waals surface area contributed by atoms with Crippen molar-refractivity contribution in [3.8, 4) is 0 Å². The van der Waals surface area contributed by atoms with Crippen LogP contribution in [0.1, 0.15) is 0 Å². The first-order chi connectivity index (χ1) is 3.62. The predicted octanol–water partition coefficient (Wildman–Crippen LogP) is 2.02. The van der Waals surface area contributed by atoms with Crippen LogP contribution in [0.15, 0.2) is 0 Å². The van der Waals surface area contributed by atoms with Gasteiger partial charge in [0.15, 0.2) is 0 Å². The number of alkyl halides is 1. The van der Waals surface area contributed by atoms with Crippen LogP contribution < -0.4 is 0 Å². The Hall–Kier alpha value is 0.687. The van der Waals surface area contributed by atoms with Gasteiger partial charge in [0.05, 0.1) is 6.67 Å². The van der Waals surface area contributed by atoms with Crippen molar-refractivity contribution < 1.29 is 8.82 Å². The van der Waals surface area contributed by atoms with E-state index < -0.39 is 13.6 Å². The quantitative estimate of drug-likeness (QED) is 0.473. The lowest BCUT2D eigenvalue weighted by Gasteiger charge is -2.09. The highest BCUT2D eigenvalue weighted by molar-refractivity contribution is 7.42. The van der Waals surface area contributed by atoms with Crippen molar-refractivity contribution >= 4 is 29.1 Å². The molecule has 0 aromatic carbocycles. The van der Waals surface area contributed by atoms with Crippen LogP contribution >= 0.6 is 22.2 Å². The Morgan fingerprint density at radius 1 is 1.62 bits per heavy atom. The van der Waals surface area contributed by atoms with E-state index in [0.29, 0.717) is 0 Å². The molecule has 0 saturated carbocycles. The first kappa shape index (κ1) is 8.69. The summed E-state index contributed by atoms with van der Waals surface area (Å²) in [6.45, 7) is -3.11. The Balaban J connectivity index is 3.37. The summed E-state index contributed by atoms with van der Waals surface area (Å²) in [6.07, 6.45) is 0. The van der Waals surface area contributed by atoms with Gasteiger partial charge in [-0.2, -0.15) is 0 Å². The van der Waals surface area contributed by atoms with Gasteiger partial charge in [0.2, 0.25) is 0 Å². The van der Waals surface area contributed by atoms with Crippen LogP contribution in [-0.4, -0.2) is 20.7 Å². The molecule has 0 heterocycles. The second-order valence-electron chi connectivity index (χ2n) is 1.28. The zero-order chi connectivity index (χ0) is 6.62. The van der Waals surface area contributed by atoms with E-state index in [9.17, 15) is 4.39 Å². The molecule has 1 nitrogen and oxygen atoms in total. The maximum absolute atomic E-state index is 11.5. The molecule has 8 heavy (non-hydrogen) atoms. The van der Waals surface area contributed by atoms with Gasteiger partial charge in [-0.1, -0.05) is 0 Å². The van der Waals surface area contributed by atoms with Crippen molar-refractivity contribution in [2.75, 3.05) is 13.8 Å². The average Bonchev–Trinajstić information content (AvgIpc) is 1.67. The minimum atomic E-state index is -2.61. The molecule has 0 spiro atoms. The standard InChI is InChI=1S/C3H7Cl2FOSi/c1-7-8(4,5)3-2-6/h2-3H2,1H3. The Kier molecular flexibility index (Phi) is 3.98. The van der Waals surface area contributed by atoms with E-state index in [-0.39, 0.29) is 6.04 Å². The van der Waals surface area contributed by atoms with Crippen molar-refractivity contribution in [2.45, 2.75) is 6.04 Å². The second kappa shape index (κ2) is 3.66. The van der Waals surface area contributed by atoms with E-state index in [1.165, 1.54) is 7.11 Å². The summed E-state index contributed by atoms with van der Waals surface area (Å²) < 4.78 is 16.1. The first-order valence-electron chi connectivity index (χ1n) is 2.11. The van der Waals surface area contributed by atoms with Crippen LogP contribution in [0.2, 0.25) is 6.04 Å². The third-order valence-corrected chi connectivity index (χ3v) is 4.11. The molecule has 0 saturated heterocycles. The van der Waals surface area contributed by atoms with Gasteiger partial charge in [0, 0.05) is 13.2 Å². The molecular weight excluding hydrogens is 170 g/mol. The summed E-state index contributed by atoms with van der Waals surface area (Å²) in [6, 6.07) is 0.145. The molecule has 5 heteroatoms. The Labute approximate surface area is 58.3 Å². The van der Waals surface area contributed by atoms with E-state index in [4.69, 9.17) is 22.2 Å². The topological polar surface area (TPSA) is 9.23 Å². The molecule has 0 atom stereocenters. The molecule has 0 aliphatic carbocycles. The second-order valence-corrected chi connectivity index (χ2v) is 7.71. The monoisotopic (exact) mass is 176 g/mol. The molecule has 0 bridgehead atoms. The van der Waals surface area contributed by atoms with Crippen molar-refractivity contribution in [1.29, 1.82) is 0 Å². The Morgan fingerprint density at radius 3 is 2.25 bits per heavy atom. The highest BCUT2D eigenvalue weighted by Gasteiger charge is 2.27. The summed E-state index contributed by atoms with van der Waals surface area (Å²) in [4.78, 5) is 0. The SMILES string of the molecule is CO[Si](Cl)(Cl)CCF. The maximum Gasteiger partial charge on any atom is 0.391 e. The lowest BCUT2D eigenvalue weighted by molar-refractivity contribution is 0.415. The third kappa shape index (κ3) is 3.66. The fourth-order valence-corrected chi connectivity index (χ4v) is 1.06. The van der Waals surface area contributed by atoms with Gasteiger partial charge < -0.3 is 4.43 Å². The van der Waals surface area contributed by atoms with Crippen LogP contribution in [0.25, 0.3) is 0 Å². The molecule has 0 aromatic heterocycles. The van der Waals surface area contributed by atoms with Crippen LogP contribution in [0.5, 0.6) is 0 Å². The van der Waals surface area contributed by atoms with E-state index >= 15 is 0 Å². The summed E-state index contributed by atoms with van der Waals surface area (Å²) in [5.74, 6) is 0. The summed E-state index contributed by atoms with van der Waals surface area (Å²) >= 11 is 10.9. The van der Waals surface area contributed by atoms with Crippen molar-refractivity contribution in [3.05, 3.63) is 0 Å². The van der Waals surface area contributed by atoms with Gasteiger partial charge in [-0.05, 0) is 0 Å². The average molecular weight is 177 g/mol. The summed E-state index contributed by atoms with van der Waals surface area (Å²) in [7, 11) is 1.39. The third-order valence-electron chi connectivity index (χ3n) is 0.684. The predicted molar refractivity (Wildman–Crippen MR) is 35.3 cm³/mol. The van der Waals surface area contributed by atoms with E-state index in [1.807, 2.05) is 0 Å². The summed E-state index contributed by atoms with van der Waals surface area (Å²) in [5.41, 5.74) is 0. The minimum Gasteiger partial charge on any atom is -0.396 e. The van der Waals surface area contributed by atoms with Crippen molar-refractivity contribution in [3.63, 3.8) is 0 Å². The van der Waals surface area contributed by atoms with Crippen LogP contribution in [0.3, 0.4) is 0 Å². The fourth-order valence-electron chi connectivity index (χ4n) is 0.212. The molecule has 0 unspecified atom stereocenters. The van der Waals surface area contributed by atoms with Crippen LogP contribution in [0.4, 0.5) is 4.39 Å². The minimum absolute atomic E-state index is 0.145. The molecular formula is C3H7Cl2FOSi. The Morgan fingerprint density at radius 2 is 2.12 bits per heavy atom. The lowest BCUT2D eigenvalue weighted by Crippen LogP contribution is -2.22. The van der Waals surface area contributed by atoms with Crippen molar-refractivity contribution in [2.24, 2.45) is 0 Å². The molecule has 0 aromatic rings. The fraction of sp³-hybridized carbons (Fsp3) is 1.00. The number of hydrogen-bond donors (Lipinski definition) is 0. The highest BCUT2D eigenvalue weighted by atomic mass is 35.7. The van der Waals surface area contributed by atoms with Gasteiger partial charge in [-0.25, -0.2) is 0 Å². The number of halogens is 3. The molecule has 0 aliphatic heterocycles. The van der Waals surface area contributed by atoms with Gasteiger partial charge >= 0.3 is 6.94 Å². The van der Waals surface area contributed by atoms with Gasteiger partial charge in [0.25, 0.3) is 0 Å². The van der Waals surface area contributed by atoms with E-state index in [2.05, 4.69) is 4.43 Å². The Bertz CT molecular complexity index is 70.3. The normalized spacial score (nSPS) is 12.0. The van der Waals surface area contributed by atoms with Gasteiger partial charge in [-0.3, -0.25) is 4.39 Å². The van der Waals surface area contributed by atoms with Crippen LogP contribution in [-0.2, 0) is 4.43 Å². The molecule has 0 radical (unpaired) electrons. The maximum atomic E-state index is 11.5. The smallest absolute Gasteiger partial charge is 0.391 e. The molecule has 0 rings (SSSR count). The summed E-state index contributed by atoms with van der Waals surface area (Å²) in [5, 5.41) is 0. The largest absolute Gasteiger partial charge is 0.396 e. The number of rotatable bonds is 3. The zero-order valence-corrected chi connectivity index (χ0v) is 6.97. The van der Waals surface area contributed by atoms with Gasteiger partial charge in [-0.15, -0.1) is 22.2 Å². The van der Waals surface area contributed by atoms with Gasteiger partial charge in [0.1, 0.15) is 0 Å². The van der Waals surface area contributed by atoms with E-state index in [1.54, 1.807) is 0 Å². The molecule has 0 aliphatic rings. The molecule has 0 fully saturated rings. The highest BCUT2D eigenvalue weighted by Crippen LogP contribution is 2.20.